The van der Waals surface area contributed by atoms with E-state index in [1.807, 2.05) is 0 Å². The fourth-order valence-corrected chi connectivity index (χ4v) is 2.45. The number of aliphatic hydroxyl groups is 1. The first-order valence-corrected chi connectivity index (χ1v) is 7.29. The molecule has 3 N–H and O–H groups in total. The van der Waals surface area contributed by atoms with E-state index in [0.717, 1.165) is 19.3 Å². The topological polar surface area (TPSA) is 91.3 Å². The van der Waals surface area contributed by atoms with Crippen molar-refractivity contribution in [2.45, 2.75) is 29.8 Å². The number of hydrogen-bond donors (Lipinski definition) is 3. The molecular weight excluding hydrogens is 254 g/mol. The molecule has 0 aliphatic heterocycles. The lowest BCUT2D eigenvalue weighted by Crippen LogP contribution is -2.43. The SMILES string of the molecule is CNS(=O)(=O)c1ccc(NCC2(O)CCC2)nc1. The fraction of sp³-hybridized carbons (Fsp3) is 0.545. The smallest absolute Gasteiger partial charge is 0.241 e. The Morgan fingerprint density at radius 2 is 2.17 bits per heavy atom. The third kappa shape index (κ3) is 2.80. The van der Waals surface area contributed by atoms with Gasteiger partial charge in [0.05, 0.1) is 5.60 Å². The van der Waals surface area contributed by atoms with E-state index >= 15 is 0 Å². The summed E-state index contributed by atoms with van der Waals surface area (Å²) >= 11 is 0. The van der Waals surface area contributed by atoms with Gasteiger partial charge in [0.15, 0.2) is 0 Å². The van der Waals surface area contributed by atoms with Gasteiger partial charge in [-0.15, -0.1) is 0 Å². The minimum absolute atomic E-state index is 0.123. The number of rotatable bonds is 5. The lowest BCUT2D eigenvalue weighted by Gasteiger charge is -2.36. The van der Waals surface area contributed by atoms with Crippen molar-refractivity contribution >= 4 is 15.8 Å². The summed E-state index contributed by atoms with van der Waals surface area (Å²) in [7, 11) is -2.09. The van der Waals surface area contributed by atoms with Gasteiger partial charge in [-0.25, -0.2) is 18.1 Å². The second kappa shape index (κ2) is 4.83. The quantitative estimate of drug-likeness (QED) is 0.717. The number of hydrogen-bond acceptors (Lipinski definition) is 5. The molecule has 0 bridgehead atoms. The van der Waals surface area contributed by atoms with E-state index in [-0.39, 0.29) is 4.90 Å². The molecule has 1 heterocycles. The first-order valence-electron chi connectivity index (χ1n) is 5.81. The van der Waals surface area contributed by atoms with Crippen molar-refractivity contribution in [3.8, 4) is 0 Å². The predicted molar refractivity (Wildman–Crippen MR) is 67.8 cm³/mol. The van der Waals surface area contributed by atoms with E-state index in [0.29, 0.717) is 12.4 Å². The minimum Gasteiger partial charge on any atom is -0.388 e. The number of nitrogens with zero attached hydrogens (tertiary/aromatic N) is 1. The van der Waals surface area contributed by atoms with Gasteiger partial charge in [-0.3, -0.25) is 0 Å². The van der Waals surface area contributed by atoms with Crippen LogP contribution in [0.1, 0.15) is 19.3 Å². The van der Waals surface area contributed by atoms with Crippen LogP contribution in [0.5, 0.6) is 0 Å². The van der Waals surface area contributed by atoms with Crippen LogP contribution in [0.2, 0.25) is 0 Å². The van der Waals surface area contributed by atoms with Gasteiger partial charge in [0.25, 0.3) is 0 Å². The first kappa shape index (κ1) is 13.3. The molecular formula is C11H17N3O3S. The Kier molecular flexibility index (Phi) is 3.56. The third-order valence-corrected chi connectivity index (χ3v) is 4.60. The van der Waals surface area contributed by atoms with Crippen molar-refractivity contribution in [3.05, 3.63) is 18.3 Å². The number of nitrogens with one attached hydrogen (secondary N) is 2. The monoisotopic (exact) mass is 271 g/mol. The number of aromatic nitrogens is 1. The lowest BCUT2D eigenvalue weighted by atomic mass is 9.80. The van der Waals surface area contributed by atoms with Gasteiger partial charge in [0.2, 0.25) is 10.0 Å². The molecule has 0 saturated heterocycles. The summed E-state index contributed by atoms with van der Waals surface area (Å²) in [5.41, 5.74) is -0.628. The summed E-state index contributed by atoms with van der Waals surface area (Å²) < 4.78 is 25.2. The molecule has 0 atom stereocenters. The second-order valence-corrected chi connectivity index (χ2v) is 6.40. The molecule has 0 radical (unpaired) electrons. The molecule has 1 fully saturated rings. The number of pyridine rings is 1. The van der Waals surface area contributed by atoms with Gasteiger partial charge in [-0.05, 0) is 38.4 Å². The van der Waals surface area contributed by atoms with Crippen molar-refractivity contribution in [1.82, 2.24) is 9.71 Å². The van der Waals surface area contributed by atoms with Gasteiger partial charge in [-0.2, -0.15) is 0 Å². The van der Waals surface area contributed by atoms with Crippen molar-refractivity contribution in [3.63, 3.8) is 0 Å². The zero-order valence-electron chi connectivity index (χ0n) is 10.2. The molecule has 2 rings (SSSR count). The average Bonchev–Trinajstić information content (AvgIpc) is 2.34. The molecule has 0 amide bonds. The van der Waals surface area contributed by atoms with Crippen LogP contribution in [0.25, 0.3) is 0 Å². The zero-order valence-corrected chi connectivity index (χ0v) is 11.0. The van der Waals surface area contributed by atoms with Crippen LogP contribution in [-0.4, -0.2) is 37.7 Å². The number of anilines is 1. The van der Waals surface area contributed by atoms with E-state index in [1.165, 1.54) is 19.3 Å². The van der Waals surface area contributed by atoms with E-state index in [1.54, 1.807) is 6.07 Å². The Hall–Kier alpha value is -1.18. The molecule has 6 nitrogen and oxygen atoms in total. The molecule has 0 spiro atoms. The van der Waals surface area contributed by atoms with Crippen LogP contribution < -0.4 is 10.0 Å². The molecule has 7 heteroatoms. The van der Waals surface area contributed by atoms with E-state index in [2.05, 4.69) is 15.0 Å². The molecule has 1 aliphatic rings. The van der Waals surface area contributed by atoms with Gasteiger partial charge in [-0.1, -0.05) is 0 Å². The number of sulfonamides is 1. The highest BCUT2D eigenvalue weighted by atomic mass is 32.2. The van der Waals surface area contributed by atoms with Gasteiger partial charge >= 0.3 is 0 Å². The normalized spacial score (nSPS) is 18.1. The van der Waals surface area contributed by atoms with E-state index < -0.39 is 15.6 Å². The van der Waals surface area contributed by atoms with Crippen LogP contribution in [0.15, 0.2) is 23.2 Å². The molecule has 18 heavy (non-hydrogen) atoms. The highest BCUT2D eigenvalue weighted by Gasteiger charge is 2.33. The summed E-state index contributed by atoms with van der Waals surface area (Å²) in [5.74, 6) is 0.561. The highest BCUT2D eigenvalue weighted by Crippen LogP contribution is 2.31. The molecule has 1 saturated carbocycles. The largest absolute Gasteiger partial charge is 0.388 e. The maximum atomic E-state index is 11.5. The van der Waals surface area contributed by atoms with Crippen LogP contribution in [-0.2, 0) is 10.0 Å². The summed E-state index contributed by atoms with van der Waals surface area (Å²) in [6.45, 7) is 0.443. The molecule has 1 aromatic heterocycles. The van der Waals surface area contributed by atoms with Gasteiger partial charge in [0.1, 0.15) is 10.7 Å². The Morgan fingerprint density at radius 3 is 2.61 bits per heavy atom. The van der Waals surface area contributed by atoms with Crippen LogP contribution in [0, 0.1) is 0 Å². The van der Waals surface area contributed by atoms with Crippen LogP contribution in [0.3, 0.4) is 0 Å². The Balaban J connectivity index is 2.00. The Labute approximate surface area is 106 Å². The fourth-order valence-electron chi connectivity index (χ4n) is 1.78. The van der Waals surface area contributed by atoms with Crippen molar-refractivity contribution in [2.24, 2.45) is 0 Å². The molecule has 1 aliphatic carbocycles. The average molecular weight is 271 g/mol. The standard InChI is InChI=1S/C11H17N3O3S/c1-12-18(16,17)9-3-4-10(13-7-9)14-8-11(15)5-2-6-11/h3-4,7,12,15H,2,5-6,8H2,1H3,(H,13,14). The summed E-state index contributed by atoms with van der Waals surface area (Å²) in [4.78, 5) is 4.14. The van der Waals surface area contributed by atoms with Crippen molar-refractivity contribution < 1.29 is 13.5 Å². The summed E-state index contributed by atoms with van der Waals surface area (Å²) in [6, 6.07) is 3.07. The highest BCUT2D eigenvalue weighted by molar-refractivity contribution is 7.89. The Morgan fingerprint density at radius 1 is 1.44 bits per heavy atom. The second-order valence-electron chi connectivity index (χ2n) is 4.52. The van der Waals surface area contributed by atoms with Crippen LogP contribution in [0.4, 0.5) is 5.82 Å². The Bertz CT molecular complexity index is 509. The summed E-state index contributed by atoms with van der Waals surface area (Å²) in [6.07, 6.45) is 3.93. The lowest BCUT2D eigenvalue weighted by molar-refractivity contribution is -0.0202. The first-order chi connectivity index (χ1) is 8.45. The van der Waals surface area contributed by atoms with Crippen molar-refractivity contribution in [1.29, 1.82) is 0 Å². The van der Waals surface area contributed by atoms with E-state index in [9.17, 15) is 13.5 Å². The third-order valence-electron chi connectivity index (χ3n) is 3.20. The zero-order chi connectivity index (χ0) is 13.2. The maximum Gasteiger partial charge on any atom is 0.241 e. The molecule has 100 valence electrons. The van der Waals surface area contributed by atoms with Crippen LogP contribution >= 0.6 is 0 Å². The maximum absolute atomic E-state index is 11.5. The van der Waals surface area contributed by atoms with Crippen molar-refractivity contribution in [2.75, 3.05) is 18.9 Å². The van der Waals surface area contributed by atoms with Gasteiger partial charge in [0, 0.05) is 12.7 Å². The molecule has 0 unspecified atom stereocenters. The van der Waals surface area contributed by atoms with E-state index in [4.69, 9.17) is 0 Å². The molecule has 0 aromatic carbocycles. The van der Waals surface area contributed by atoms with Gasteiger partial charge < -0.3 is 10.4 Å². The minimum atomic E-state index is -3.44. The predicted octanol–water partition coefficient (Wildman–Crippen LogP) is 0.317. The summed E-state index contributed by atoms with van der Waals surface area (Å²) in [5, 5.41) is 12.9. The molecule has 1 aromatic rings.